The quantitative estimate of drug-likeness (QED) is 0.300. The summed E-state index contributed by atoms with van der Waals surface area (Å²) in [6.07, 6.45) is 2.86. The third-order valence-corrected chi connectivity index (χ3v) is 6.72. The predicted molar refractivity (Wildman–Crippen MR) is 134 cm³/mol. The Bertz CT molecular complexity index is 758. The van der Waals surface area contributed by atoms with Gasteiger partial charge < -0.3 is 15.4 Å². The lowest BCUT2D eigenvalue weighted by molar-refractivity contribution is 0.0186. The highest BCUT2D eigenvalue weighted by Crippen LogP contribution is 2.28. The molecule has 2 aromatic heterocycles. The van der Waals surface area contributed by atoms with Gasteiger partial charge in [0.1, 0.15) is 0 Å². The Morgan fingerprint density at radius 1 is 1.21 bits per heavy atom. The maximum Gasteiger partial charge on any atom is 0.191 e. The average Bonchev–Trinajstić information content (AvgIpc) is 3.31. The van der Waals surface area contributed by atoms with Crippen LogP contribution in [-0.2, 0) is 11.2 Å². The van der Waals surface area contributed by atoms with E-state index in [0.29, 0.717) is 6.04 Å². The van der Waals surface area contributed by atoms with Gasteiger partial charge in [0, 0.05) is 53.4 Å². The summed E-state index contributed by atoms with van der Waals surface area (Å²) in [6.45, 7) is 12.3. The van der Waals surface area contributed by atoms with Crippen molar-refractivity contribution in [2.45, 2.75) is 33.2 Å². The normalized spacial score (nSPS) is 16.3. The van der Waals surface area contributed by atoms with Crippen LogP contribution in [0.2, 0.25) is 0 Å². The van der Waals surface area contributed by atoms with E-state index >= 15 is 0 Å². The highest BCUT2D eigenvalue weighted by molar-refractivity contribution is 14.0. The average molecular weight is 550 g/mol. The van der Waals surface area contributed by atoms with E-state index in [1.54, 1.807) is 11.3 Å². The van der Waals surface area contributed by atoms with Gasteiger partial charge in [0.25, 0.3) is 0 Å². The fourth-order valence-corrected chi connectivity index (χ4v) is 5.02. The van der Waals surface area contributed by atoms with Gasteiger partial charge in [0.05, 0.1) is 30.8 Å². The molecule has 3 rings (SSSR count). The van der Waals surface area contributed by atoms with Crippen molar-refractivity contribution in [2.24, 2.45) is 4.99 Å². The van der Waals surface area contributed by atoms with Gasteiger partial charge in [0.15, 0.2) is 5.96 Å². The molecule has 2 N–H and O–H groups in total. The van der Waals surface area contributed by atoms with Crippen LogP contribution < -0.4 is 10.6 Å². The third kappa shape index (κ3) is 7.78. The number of nitrogens with zero attached hydrogens (tertiary/aromatic N) is 3. The number of hydrogen-bond acceptors (Lipinski definition) is 6. The zero-order valence-corrected chi connectivity index (χ0v) is 21.4. The summed E-state index contributed by atoms with van der Waals surface area (Å²) < 4.78 is 5.55. The molecule has 0 aliphatic carbocycles. The number of guanidine groups is 1. The van der Waals surface area contributed by atoms with Crippen LogP contribution in [-0.4, -0.2) is 61.8 Å². The van der Waals surface area contributed by atoms with Gasteiger partial charge in [0.2, 0.25) is 0 Å². The Balaban J connectivity index is 0.00000300. The summed E-state index contributed by atoms with van der Waals surface area (Å²) in [5.74, 6) is 0.877. The topological polar surface area (TPSA) is 61.8 Å². The van der Waals surface area contributed by atoms with Crippen LogP contribution in [0.1, 0.15) is 32.6 Å². The third-order valence-electron chi connectivity index (χ3n) is 4.64. The number of nitrogens with one attached hydrogen (secondary N) is 2. The Kier molecular flexibility index (Phi) is 10.9. The molecule has 1 unspecified atom stereocenters. The van der Waals surface area contributed by atoms with Crippen LogP contribution in [0.15, 0.2) is 23.3 Å². The molecule has 2 aromatic rings. The highest BCUT2D eigenvalue weighted by Gasteiger charge is 2.23. The molecule has 6 nitrogen and oxygen atoms in total. The number of aromatic nitrogens is 1. The zero-order valence-electron chi connectivity index (χ0n) is 17.4. The van der Waals surface area contributed by atoms with Crippen LogP contribution in [0.5, 0.6) is 0 Å². The predicted octanol–water partition coefficient (Wildman–Crippen LogP) is 3.61. The summed E-state index contributed by atoms with van der Waals surface area (Å²) in [6, 6.07) is 4.76. The zero-order chi connectivity index (χ0) is 19.8. The summed E-state index contributed by atoms with van der Waals surface area (Å²) in [7, 11) is 0. The summed E-state index contributed by atoms with van der Waals surface area (Å²) in [5, 5.41) is 8.00. The minimum absolute atomic E-state index is 0. The van der Waals surface area contributed by atoms with E-state index in [-0.39, 0.29) is 24.0 Å². The van der Waals surface area contributed by atoms with E-state index < -0.39 is 0 Å². The van der Waals surface area contributed by atoms with Crippen LogP contribution in [0.4, 0.5) is 0 Å². The van der Waals surface area contributed by atoms with Crippen molar-refractivity contribution in [1.29, 1.82) is 0 Å². The first-order chi connectivity index (χ1) is 13.7. The molecule has 0 bridgehead atoms. The largest absolute Gasteiger partial charge is 0.379 e. The Morgan fingerprint density at radius 3 is 2.62 bits per heavy atom. The van der Waals surface area contributed by atoms with Crippen molar-refractivity contribution in [1.82, 2.24) is 20.5 Å². The van der Waals surface area contributed by atoms with Crippen LogP contribution in [0.25, 0.3) is 0 Å². The van der Waals surface area contributed by atoms with Gasteiger partial charge in [-0.3, -0.25) is 9.89 Å². The summed E-state index contributed by atoms with van der Waals surface area (Å²) >= 11 is 3.63. The highest BCUT2D eigenvalue weighted by atomic mass is 127. The lowest BCUT2D eigenvalue weighted by atomic mass is 10.2. The van der Waals surface area contributed by atoms with Crippen LogP contribution >= 0.6 is 46.7 Å². The lowest BCUT2D eigenvalue weighted by Crippen LogP contribution is -2.42. The van der Waals surface area contributed by atoms with E-state index in [0.717, 1.165) is 58.3 Å². The first-order valence-corrected chi connectivity index (χ1v) is 11.6. The Labute approximate surface area is 199 Å². The molecule has 0 radical (unpaired) electrons. The number of ether oxygens (including phenoxy) is 1. The van der Waals surface area contributed by atoms with Gasteiger partial charge in [-0.05, 0) is 32.9 Å². The number of thiophene rings is 1. The molecule has 162 valence electrons. The van der Waals surface area contributed by atoms with Gasteiger partial charge >= 0.3 is 0 Å². The molecule has 1 atom stereocenters. The molecule has 9 heteroatoms. The van der Waals surface area contributed by atoms with Gasteiger partial charge in [-0.25, -0.2) is 4.98 Å². The first kappa shape index (κ1) is 24.5. The van der Waals surface area contributed by atoms with Gasteiger partial charge in [-0.15, -0.1) is 46.7 Å². The minimum atomic E-state index is 0. The maximum absolute atomic E-state index is 5.55. The summed E-state index contributed by atoms with van der Waals surface area (Å²) in [4.78, 5) is 15.8. The Morgan fingerprint density at radius 2 is 2.00 bits per heavy atom. The number of hydrogen-bond donors (Lipinski definition) is 2. The molecule has 0 amide bonds. The smallest absolute Gasteiger partial charge is 0.191 e. The SMILES string of the molecule is CCNC(=NCC(c1ccc(C)s1)N1CCOCC1)NCCc1ncc(C)s1.I. The maximum atomic E-state index is 5.55. The fraction of sp³-hybridized carbons (Fsp3) is 0.600. The first-order valence-electron chi connectivity index (χ1n) is 9.97. The minimum Gasteiger partial charge on any atom is -0.379 e. The van der Waals surface area contributed by atoms with Crippen molar-refractivity contribution < 1.29 is 4.74 Å². The molecular formula is C20H32IN5OS2. The fourth-order valence-electron chi connectivity index (χ4n) is 3.23. The van der Waals surface area contributed by atoms with Gasteiger partial charge in [-0.1, -0.05) is 0 Å². The number of rotatable bonds is 8. The molecule has 29 heavy (non-hydrogen) atoms. The number of morpholine rings is 1. The van der Waals surface area contributed by atoms with E-state index in [1.165, 1.54) is 19.6 Å². The standard InChI is InChI=1S/C20H31N5OS2.HI/c1-4-21-20(22-8-7-19-23-13-16(3)28-19)24-14-17(18-6-5-15(2)27-18)25-9-11-26-12-10-25;/h5-6,13,17H,4,7-12,14H2,1-3H3,(H2,21,22,24);1H. The van der Waals surface area contributed by atoms with Crippen molar-refractivity contribution in [2.75, 3.05) is 45.9 Å². The second kappa shape index (κ2) is 12.8. The molecule has 0 aromatic carbocycles. The van der Waals surface area contributed by atoms with E-state index in [9.17, 15) is 0 Å². The van der Waals surface area contributed by atoms with Crippen LogP contribution in [0, 0.1) is 13.8 Å². The molecule has 1 saturated heterocycles. The van der Waals surface area contributed by atoms with Crippen molar-refractivity contribution in [3.63, 3.8) is 0 Å². The molecular weight excluding hydrogens is 517 g/mol. The van der Waals surface area contributed by atoms with E-state index in [1.807, 2.05) is 17.5 Å². The van der Waals surface area contributed by atoms with Gasteiger partial charge in [-0.2, -0.15) is 0 Å². The monoisotopic (exact) mass is 549 g/mol. The number of thiazole rings is 1. The lowest BCUT2D eigenvalue weighted by Gasteiger charge is -2.33. The van der Waals surface area contributed by atoms with Crippen LogP contribution in [0.3, 0.4) is 0 Å². The summed E-state index contributed by atoms with van der Waals surface area (Å²) in [5.41, 5.74) is 0. The molecule has 0 spiro atoms. The molecule has 1 fully saturated rings. The number of aryl methyl sites for hydroxylation is 2. The molecule has 1 aliphatic heterocycles. The molecule has 0 saturated carbocycles. The van der Waals surface area contributed by atoms with E-state index in [4.69, 9.17) is 9.73 Å². The van der Waals surface area contributed by atoms with Crippen molar-refractivity contribution in [3.05, 3.63) is 38.0 Å². The van der Waals surface area contributed by atoms with Crippen molar-refractivity contribution >= 4 is 52.6 Å². The molecule has 3 heterocycles. The van der Waals surface area contributed by atoms with E-state index in [2.05, 4.69) is 53.4 Å². The number of aliphatic imine (C=N–C) groups is 1. The second-order valence-corrected chi connectivity index (χ2v) is 9.51. The Hall–Kier alpha value is -0.750. The molecule has 1 aliphatic rings. The number of halogens is 1. The van der Waals surface area contributed by atoms with Crippen molar-refractivity contribution in [3.8, 4) is 0 Å². The second-order valence-electron chi connectivity index (χ2n) is 6.87.